The highest BCUT2D eigenvalue weighted by atomic mass is 35.5. The average Bonchev–Trinajstić information content (AvgIpc) is 3.33. The minimum Gasteiger partial charge on any atom is -0.383 e. The molecule has 1 aliphatic carbocycles. The van der Waals surface area contributed by atoms with Crippen LogP contribution in [0.4, 0.5) is 5.13 Å². The van der Waals surface area contributed by atoms with Crippen molar-refractivity contribution in [2.75, 3.05) is 25.2 Å². The third-order valence-electron chi connectivity index (χ3n) is 4.39. The number of aryl methyl sites for hydroxylation is 2. The Bertz CT molecular complexity index is 1010. The number of hydrogen-bond acceptors (Lipinski definition) is 7. The average molecular weight is 444 g/mol. The molecule has 0 bridgehead atoms. The third kappa shape index (κ3) is 3.27. The molecule has 27 heavy (non-hydrogen) atoms. The molecule has 3 heterocycles. The lowest BCUT2D eigenvalue weighted by Gasteiger charge is -2.18. The van der Waals surface area contributed by atoms with Crippen LogP contribution in [0, 0.1) is 0 Å². The first-order chi connectivity index (χ1) is 13.0. The molecule has 11 heteroatoms. The van der Waals surface area contributed by atoms with E-state index in [0.29, 0.717) is 22.6 Å². The van der Waals surface area contributed by atoms with Crippen LogP contribution in [-0.4, -0.2) is 45.3 Å². The molecule has 3 aromatic rings. The lowest BCUT2D eigenvalue weighted by atomic mass is 10.0. The second-order valence-electron chi connectivity index (χ2n) is 5.97. The van der Waals surface area contributed by atoms with E-state index in [9.17, 15) is 4.79 Å². The number of thiazole rings is 1. The van der Waals surface area contributed by atoms with Gasteiger partial charge in [0, 0.05) is 30.3 Å². The molecule has 0 saturated carbocycles. The van der Waals surface area contributed by atoms with Crippen molar-refractivity contribution in [2.24, 2.45) is 7.05 Å². The molecule has 0 spiro atoms. The maximum Gasteiger partial charge on any atom is 0.281 e. The third-order valence-corrected chi connectivity index (χ3v) is 7.14. The van der Waals surface area contributed by atoms with Crippen molar-refractivity contribution in [3.63, 3.8) is 0 Å². The summed E-state index contributed by atoms with van der Waals surface area (Å²) in [5, 5.41) is 5.11. The van der Waals surface area contributed by atoms with Crippen LogP contribution in [-0.2, 0) is 24.6 Å². The molecule has 0 atom stereocenters. The van der Waals surface area contributed by atoms with Gasteiger partial charge in [0.05, 0.1) is 25.0 Å². The van der Waals surface area contributed by atoms with Crippen molar-refractivity contribution < 1.29 is 9.53 Å². The van der Waals surface area contributed by atoms with Gasteiger partial charge in [-0.15, -0.1) is 11.3 Å². The fourth-order valence-electron chi connectivity index (χ4n) is 3.01. The van der Waals surface area contributed by atoms with Gasteiger partial charge in [-0.2, -0.15) is 9.47 Å². The minimum atomic E-state index is -0.335. The Labute approximate surface area is 173 Å². The molecule has 0 N–H and O–H groups in total. The van der Waals surface area contributed by atoms with E-state index in [1.54, 1.807) is 12.0 Å². The van der Waals surface area contributed by atoms with E-state index in [2.05, 4.69) is 9.47 Å². The molecule has 0 radical (unpaired) electrons. The number of methoxy groups -OCH3 is 1. The van der Waals surface area contributed by atoms with E-state index in [4.69, 9.17) is 32.9 Å². The number of hydrogen-bond donors (Lipinski definition) is 0. The zero-order valence-corrected chi connectivity index (χ0v) is 17.7. The number of amides is 1. The van der Waals surface area contributed by atoms with Crippen molar-refractivity contribution in [2.45, 2.75) is 12.8 Å². The predicted octanol–water partition coefficient (Wildman–Crippen LogP) is 3.70. The molecule has 0 aliphatic heterocycles. The Balaban J connectivity index is 1.73. The molecule has 0 fully saturated rings. The van der Waals surface area contributed by atoms with Crippen LogP contribution in [0.25, 0.3) is 11.3 Å². The molecule has 0 aromatic carbocycles. The Morgan fingerprint density at radius 2 is 2.22 bits per heavy atom. The number of aromatic nitrogens is 4. The van der Waals surface area contributed by atoms with Crippen LogP contribution in [0.15, 0.2) is 6.20 Å². The van der Waals surface area contributed by atoms with E-state index in [1.807, 2.05) is 17.9 Å². The monoisotopic (exact) mass is 443 g/mol. The SMILES string of the molecule is COCCN(C(=O)c1nsc(Cl)c1Cl)c1nc2c(s1)CCc1c-2cnn1C. The minimum absolute atomic E-state index is 0.137. The molecule has 1 aliphatic rings. The molecule has 0 saturated heterocycles. The first-order valence-electron chi connectivity index (χ1n) is 8.13. The topological polar surface area (TPSA) is 73.1 Å². The fourth-order valence-corrected chi connectivity index (χ4v) is 5.10. The van der Waals surface area contributed by atoms with E-state index < -0.39 is 0 Å². The molecule has 7 nitrogen and oxygen atoms in total. The van der Waals surface area contributed by atoms with Gasteiger partial charge in [-0.1, -0.05) is 23.2 Å². The van der Waals surface area contributed by atoms with E-state index >= 15 is 0 Å². The summed E-state index contributed by atoms with van der Waals surface area (Å²) in [6, 6.07) is 0. The number of carbonyl (C=O) groups excluding carboxylic acids is 1. The number of halogens is 2. The maximum absolute atomic E-state index is 13.1. The number of fused-ring (bicyclic) bond motifs is 3. The lowest BCUT2D eigenvalue weighted by Crippen LogP contribution is -2.34. The smallest absolute Gasteiger partial charge is 0.281 e. The number of anilines is 1. The first kappa shape index (κ1) is 18.8. The second-order valence-corrected chi connectivity index (χ2v) is 8.78. The summed E-state index contributed by atoms with van der Waals surface area (Å²) in [6.07, 6.45) is 3.60. The number of ether oxygens (including phenoxy) is 1. The van der Waals surface area contributed by atoms with Crippen LogP contribution in [0.5, 0.6) is 0 Å². The summed E-state index contributed by atoms with van der Waals surface area (Å²) in [5.41, 5.74) is 3.21. The van der Waals surface area contributed by atoms with E-state index in [-0.39, 0.29) is 16.6 Å². The summed E-state index contributed by atoms with van der Waals surface area (Å²) in [4.78, 5) is 20.5. The molecule has 1 amide bonds. The molecule has 142 valence electrons. The van der Waals surface area contributed by atoms with E-state index in [0.717, 1.165) is 46.2 Å². The maximum atomic E-state index is 13.1. The Morgan fingerprint density at radius 3 is 2.93 bits per heavy atom. The van der Waals surface area contributed by atoms with Gasteiger partial charge in [0.25, 0.3) is 5.91 Å². The largest absolute Gasteiger partial charge is 0.383 e. The van der Waals surface area contributed by atoms with Crippen LogP contribution in [0.3, 0.4) is 0 Å². The summed E-state index contributed by atoms with van der Waals surface area (Å²) in [5.74, 6) is -0.335. The predicted molar refractivity (Wildman–Crippen MR) is 107 cm³/mol. The Hall–Kier alpha value is -1.52. The fraction of sp³-hybridized carbons (Fsp3) is 0.375. The van der Waals surface area contributed by atoms with Crippen molar-refractivity contribution >= 4 is 57.1 Å². The number of carbonyl (C=O) groups is 1. The summed E-state index contributed by atoms with van der Waals surface area (Å²) >= 11 is 14.6. The van der Waals surface area contributed by atoms with Crippen LogP contribution >= 0.6 is 46.1 Å². The zero-order valence-electron chi connectivity index (χ0n) is 14.5. The molecular weight excluding hydrogens is 429 g/mol. The van der Waals surface area contributed by atoms with Gasteiger partial charge in [-0.05, 0) is 24.4 Å². The van der Waals surface area contributed by atoms with Crippen molar-refractivity contribution in [3.05, 3.63) is 31.8 Å². The van der Waals surface area contributed by atoms with Gasteiger partial charge < -0.3 is 4.74 Å². The van der Waals surface area contributed by atoms with Crippen molar-refractivity contribution in [1.82, 2.24) is 19.1 Å². The summed E-state index contributed by atoms with van der Waals surface area (Å²) in [6.45, 7) is 0.705. The van der Waals surface area contributed by atoms with Crippen molar-refractivity contribution in [1.29, 1.82) is 0 Å². The Kier molecular flexibility index (Phi) is 5.21. The second kappa shape index (κ2) is 7.48. The molecule has 3 aromatic heterocycles. The number of rotatable bonds is 5. The van der Waals surface area contributed by atoms with Gasteiger partial charge >= 0.3 is 0 Å². The molecular formula is C16H15Cl2N5O2S2. The molecule has 4 rings (SSSR count). The van der Waals surface area contributed by atoms with Gasteiger partial charge in [0.2, 0.25) is 0 Å². The van der Waals surface area contributed by atoms with Gasteiger partial charge in [-0.25, -0.2) is 4.98 Å². The first-order valence-corrected chi connectivity index (χ1v) is 10.5. The zero-order chi connectivity index (χ0) is 19.1. The van der Waals surface area contributed by atoms with Crippen LogP contribution < -0.4 is 4.90 Å². The van der Waals surface area contributed by atoms with E-state index in [1.165, 1.54) is 11.3 Å². The summed E-state index contributed by atoms with van der Waals surface area (Å²) < 4.78 is 11.4. The van der Waals surface area contributed by atoms with Gasteiger partial charge in [0.15, 0.2) is 10.8 Å². The standard InChI is InChI=1S/C16H15Cl2N5O2S2/c1-22-9-3-4-10-12(8(9)7-19-22)20-16(26-10)23(5-6-25-2)15(24)13-11(17)14(18)27-21-13/h7H,3-6H2,1-2H3. The van der Waals surface area contributed by atoms with Gasteiger partial charge in [0.1, 0.15) is 9.36 Å². The van der Waals surface area contributed by atoms with Gasteiger partial charge in [-0.3, -0.25) is 14.4 Å². The van der Waals surface area contributed by atoms with Crippen molar-refractivity contribution in [3.8, 4) is 11.3 Å². The highest BCUT2D eigenvalue weighted by molar-refractivity contribution is 7.16. The highest BCUT2D eigenvalue weighted by Crippen LogP contribution is 2.40. The summed E-state index contributed by atoms with van der Waals surface area (Å²) in [7, 11) is 3.52. The quantitative estimate of drug-likeness (QED) is 0.600. The highest BCUT2D eigenvalue weighted by Gasteiger charge is 2.30. The Morgan fingerprint density at radius 1 is 1.41 bits per heavy atom. The number of nitrogens with zero attached hydrogens (tertiary/aromatic N) is 5. The van der Waals surface area contributed by atoms with Crippen LogP contribution in [0.2, 0.25) is 9.36 Å². The molecule has 0 unspecified atom stereocenters. The lowest BCUT2D eigenvalue weighted by molar-refractivity contribution is 0.0972. The normalized spacial score (nSPS) is 12.7. The van der Waals surface area contributed by atoms with Crippen LogP contribution in [0.1, 0.15) is 21.1 Å².